The zero-order valence-corrected chi connectivity index (χ0v) is 13.9. The Bertz CT molecular complexity index is 689. The fourth-order valence-corrected chi connectivity index (χ4v) is 4.04. The van der Waals surface area contributed by atoms with Gasteiger partial charge in [0.15, 0.2) is 0 Å². The van der Waals surface area contributed by atoms with E-state index in [9.17, 15) is 13.2 Å². The molecule has 1 aromatic rings. The first-order chi connectivity index (χ1) is 10.2. The monoisotopic (exact) mass is 347 g/mol. The van der Waals surface area contributed by atoms with E-state index < -0.39 is 22.0 Å². The largest absolute Gasteiger partial charge is 0.489 e. The molecule has 0 spiro atoms. The lowest BCUT2D eigenvalue weighted by atomic mass is 10.1. The van der Waals surface area contributed by atoms with E-state index in [1.807, 2.05) is 6.92 Å². The van der Waals surface area contributed by atoms with E-state index in [0.29, 0.717) is 24.2 Å². The van der Waals surface area contributed by atoms with Gasteiger partial charge >= 0.3 is 5.97 Å². The van der Waals surface area contributed by atoms with E-state index in [4.69, 9.17) is 21.4 Å². The number of aliphatic carboxylic acids is 1. The third-order valence-corrected chi connectivity index (χ3v) is 5.14. The summed E-state index contributed by atoms with van der Waals surface area (Å²) in [6.45, 7) is 3.65. The molecule has 0 saturated heterocycles. The van der Waals surface area contributed by atoms with Gasteiger partial charge in [-0.1, -0.05) is 24.9 Å². The van der Waals surface area contributed by atoms with Gasteiger partial charge in [0.1, 0.15) is 17.9 Å². The number of hydrogen-bond acceptors (Lipinski definition) is 4. The molecule has 22 heavy (non-hydrogen) atoms. The third-order valence-electron chi connectivity index (χ3n) is 3.40. The Morgan fingerprint density at radius 1 is 1.55 bits per heavy atom. The van der Waals surface area contributed by atoms with Gasteiger partial charge in [-0.25, -0.2) is 8.42 Å². The maximum absolute atomic E-state index is 12.4. The van der Waals surface area contributed by atoms with Crippen LogP contribution in [0.2, 0.25) is 5.02 Å². The molecule has 0 aromatic heterocycles. The van der Waals surface area contributed by atoms with Crippen LogP contribution in [-0.4, -0.2) is 31.6 Å². The Morgan fingerprint density at radius 2 is 2.23 bits per heavy atom. The highest BCUT2D eigenvalue weighted by Gasteiger charge is 2.29. The number of carboxylic acid groups (broad SMARTS) is 1. The fourth-order valence-electron chi connectivity index (χ4n) is 2.39. The minimum absolute atomic E-state index is 0.0451. The van der Waals surface area contributed by atoms with Crippen LogP contribution in [-0.2, 0) is 21.2 Å². The number of carboxylic acids is 1. The van der Waals surface area contributed by atoms with Crippen molar-refractivity contribution in [1.82, 2.24) is 4.72 Å². The number of rotatable bonds is 6. The fraction of sp³-hybridized carbons (Fsp3) is 0.500. The molecule has 2 N–H and O–H groups in total. The zero-order chi connectivity index (χ0) is 16.5. The molecule has 8 heteroatoms. The van der Waals surface area contributed by atoms with Crippen LogP contribution in [0.1, 0.15) is 32.3 Å². The second-order valence-electron chi connectivity index (χ2n) is 5.33. The quantitative estimate of drug-likeness (QED) is 0.822. The summed E-state index contributed by atoms with van der Waals surface area (Å²) in [5, 5.41) is 9.30. The van der Waals surface area contributed by atoms with Crippen LogP contribution in [0.5, 0.6) is 5.75 Å². The number of sulfonamides is 1. The van der Waals surface area contributed by atoms with Crippen LogP contribution >= 0.6 is 11.6 Å². The predicted octanol–water partition coefficient (Wildman–Crippen LogP) is 2.19. The maximum Gasteiger partial charge on any atom is 0.321 e. The van der Waals surface area contributed by atoms with Gasteiger partial charge in [-0.05, 0) is 25.5 Å². The normalized spacial score (nSPS) is 18.6. The van der Waals surface area contributed by atoms with Gasteiger partial charge < -0.3 is 9.84 Å². The summed E-state index contributed by atoms with van der Waals surface area (Å²) in [7, 11) is -3.96. The van der Waals surface area contributed by atoms with Crippen molar-refractivity contribution in [1.29, 1.82) is 0 Å². The minimum atomic E-state index is -3.96. The molecule has 0 radical (unpaired) electrons. The van der Waals surface area contributed by atoms with Crippen molar-refractivity contribution < 1.29 is 23.1 Å². The van der Waals surface area contributed by atoms with Crippen LogP contribution in [0.15, 0.2) is 17.0 Å². The number of halogens is 1. The van der Waals surface area contributed by atoms with Gasteiger partial charge in [-0.2, -0.15) is 4.72 Å². The highest BCUT2D eigenvalue weighted by Crippen LogP contribution is 2.38. The molecular weight excluding hydrogens is 330 g/mol. The lowest BCUT2D eigenvalue weighted by molar-refractivity contribution is -0.139. The highest BCUT2D eigenvalue weighted by molar-refractivity contribution is 7.89. The standard InChI is InChI=1S/C14H18ClNO5S/c1-3-4-12(14(17)18)16-22(19,20)10-6-9-5-8(2)21-13(9)11(15)7-10/h6-8,12,16H,3-5H2,1-2H3,(H,17,18). The van der Waals surface area contributed by atoms with Gasteiger partial charge in [-0.3, -0.25) is 4.79 Å². The average Bonchev–Trinajstić information content (AvgIpc) is 2.79. The number of benzene rings is 1. The molecule has 1 aliphatic heterocycles. The van der Waals surface area contributed by atoms with Crippen molar-refractivity contribution in [3.63, 3.8) is 0 Å². The van der Waals surface area contributed by atoms with Crippen LogP contribution in [0, 0.1) is 0 Å². The number of hydrogen-bond donors (Lipinski definition) is 2. The highest BCUT2D eigenvalue weighted by atomic mass is 35.5. The number of nitrogens with one attached hydrogen (secondary N) is 1. The van der Waals surface area contributed by atoms with Crippen molar-refractivity contribution >= 4 is 27.6 Å². The average molecular weight is 348 g/mol. The summed E-state index contributed by atoms with van der Waals surface area (Å²) < 4.78 is 32.5. The molecular formula is C14H18ClNO5S. The Kier molecular flexibility index (Phi) is 4.99. The molecule has 0 bridgehead atoms. The summed E-state index contributed by atoms with van der Waals surface area (Å²) in [6.07, 6.45) is 1.27. The summed E-state index contributed by atoms with van der Waals surface area (Å²) in [5.74, 6) is -0.703. The predicted molar refractivity (Wildman–Crippen MR) is 81.9 cm³/mol. The number of carbonyl (C=O) groups is 1. The van der Waals surface area contributed by atoms with Gasteiger partial charge in [0, 0.05) is 12.0 Å². The Balaban J connectivity index is 2.32. The molecule has 1 aromatic carbocycles. The topological polar surface area (TPSA) is 92.7 Å². The van der Waals surface area contributed by atoms with Crippen LogP contribution < -0.4 is 9.46 Å². The van der Waals surface area contributed by atoms with Gasteiger partial charge in [0.25, 0.3) is 0 Å². The molecule has 0 aliphatic carbocycles. The first-order valence-electron chi connectivity index (χ1n) is 6.98. The molecule has 1 aliphatic rings. The van der Waals surface area contributed by atoms with Crippen molar-refractivity contribution in [2.24, 2.45) is 0 Å². The maximum atomic E-state index is 12.4. The van der Waals surface area contributed by atoms with Crippen molar-refractivity contribution in [2.75, 3.05) is 0 Å². The first-order valence-corrected chi connectivity index (χ1v) is 8.85. The van der Waals surface area contributed by atoms with E-state index in [0.717, 1.165) is 0 Å². The molecule has 2 rings (SSSR count). The van der Waals surface area contributed by atoms with Gasteiger partial charge in [0.2, 0.25) is 10.0 Å². The number of ether oxygens (including phenoxy) is 1. The molecule has 6 nitrogen and oxygen atoms in total. The zero-order valence-electron chi connectivity index (χ0n) is 12.3. The summed E-state index contributed by atoms with van der Waals surface area (Å²) >= 11 is 6.07. The van der Waals surface area contributed by atoms with Crippen molar-refractivity contribution in [2.45, 2.75) is 50.2 Å². The van der Waals surface area contributed by atoms with Crippen LogP contribution in [0.25, 0.3) is 0 Å². The van der Waals surface area contributed by atoms with Crippen LogP contribution in [0.3, 0.4) is 0 Å². The summed E-state index contributed by atoms with van der Waals surface area (Å²) in [5.41, 5.74) is 0.711. The second kappa shape index (κ2) is 6.44. The van der Waals surface area contributed by atoms with Gasteiger partial charge in [-0.15, -0.1) is 0 Å². The second-order valence-corrected chi connectivity index (χ2v) is 7.45. The minimum Gasteiger partial charge on any atom is -0.489 e. The molecule has 0 fully saturated rings. The molecule has 2 atom stereocenters. The lowest BCUT2D eigenvalue weighted by Gasteiger charge is -2.14. The molecule has 0 amide bonds. The lowest BCUT2D eigenvalue weighted by Crippen LogP contribution is -2.40. The van der Waals surface area contributed by atoms with Crippen LogP contribution in [0.4, 0.5) is 0 Å². The first kappa shape index (κ1) is 17.1. The Morgan fingerprint density at radius 3 is 2.82 bits per heavy atom. The third kappa shape index (κ3) is 3.53. The van der Waals surface area contributed by atoms with Crippen molar-refractivity contribution in [3.8, 4) is 5.75 Å². The molecule has 1 heterocycles. The summed E-state index contributed by atoms with van der Waals surface area (Å²) in [4.78, 5) is 11.1. The molecule has 2 unspecified atom stereocenters. The smallest absolute Gasteiger partial charge is 0.321 e. The van der Waals surface area contributed by atoms with E-state index >= 15 is 0 Å². The van der Waals surface area contributed by atoms with Gasteiger partial charge in [0.05, 0.1) is 9.92 Å². The number of fused-ring (bicyclic) bond motifs is 1. The van der Waals surface area contributed by atoms with E-state index in [1.54, 1.807) is 6.92 Å². The van der Waals surface area contributed by atoms with E-state index in [2.05, 4.69) is 4.72 Å². The molecule has 0 saturated carbocycles. The van der Waals surface area contributed by atoms with E-state index in [1.165, 1.54) is 12.1 Å². The SMILES string of the molecule is CCCC(NS(=O)(=O)c1cc(Cl)c2c(c1)CC(C)O2)C(=O)O. The molecule has 122 valence electrons. The van der Waals surface area contributed by atoms with Crippen molar-refractivity contribution in [3.05, 3.63) is 22.7 Å². The Labute approximate surface area is 134 Å². The summed E-state index contributed by atoms with van der Waals surface area (Å²) in [6, 6.07) is 1.61. The Hall–Kier alpha value is -1.31. The van der Waals surface area contributed by atoms with E-state index in [-0.39, 0.29) is 22.4 Å².